The third-order valence-corrected chi connectivity index (χ3v) is 5.17. The van der Waals surface area contributed by atoms with E-state index in [4.69, 9.17) is 4.74 Å². The van der Waals surface area contributed by atoms with Crippen LogP contribution in [0.3, 0.4) is 0 Å². The van der Waals surface area contributed by atoms with Gasteiger partial charge in [-0.3, -0.25) is 9.78 Å². The molecular weight excluding hydrogens is 350 g/mol. The van der Waals surface area contributed by atoms with Gasteiger partial charge >= 0.3 is 0 Å². The molecule has 1 N–H and O–H groups in total. The van der Waals surface area contributed by atoms with Crippen molar-refractivity contribution in [2.75, 3.05) is 18.5 Å². The van der Waals surface area contributed by atoms with E-state index in [0.717, 1.165) is 24.6 Å². The summed E-state index contributed by atoms with van der Waals surface area (Å²) >= 11 is 0. The first-order valence-corrected chi connectivity index (χ1v) is 9.34. The maximum absolute atomic E-state index is 13.9. The van der Waals surface area contributed by atoms with Gasteiger partial charge < -0.3 is 10.1 Å². The summed E-state index contributed by atoms with van der Waals surface area (Å²) in [6, 6.07) is 6.32. The van der Waals surface area contributed by atoms with Gasteiger partial charge in [0.1, 0.15) is 11.6 Å². The lowest BCUT2D eigenvalue weighted by atomic mass is 9.79. The van der Waals surface area contributed by atoms with Crippen molar-refractivity contribution < 1.29 is 18.3 Å². The van der Waals surface area contributed by atoms with Gasteiger partial charge in [-0.05, 0) is 48.8 Å². The minimum Gasteiger partial charge on any atom is -0.381 e. The van der Waals surface area contributed by atoms with Crippen LogP contribution < -0.4 is 5.32 Å². The van der Waals surface area contributed by atoms with Crippen LogP contribution in [0.2, 0.25) is 0 Å². The number of carbonyl (C=O) groups excluding carboxylic acids is 1. The zero-order chi connectivity index (χ0) is 19.2. The van der Waals surface area contributed by atoms with Crippen molar-refractivity contribution in [3.8, 4) is 0 Å². The smallest absolute Gasteiger partial charge is 0.225 e. The van der Waals surface area contributed by atoms with E-state index in [0.29, 0.717) is 30.9 Å². The number of carbonyl (C=O) groups is 1. The summed E-state index contributed by atoms with van der Waals surface area (Å²) < 4.78 is 32.7. The van der Waals surface area contributed by atoms with Gasteiger partial charge in [0.25, 0.3) is 0 Å². The minimum atomic E-state index is -0.421. The Kier molecular flexibility index (Phi) is 6.50. The molecule has 1 fully saturated rings. The number of pyridine rings is 1. The summed E-state index contributed by atoms with van der Waals surface area (Å²) in [4.78, 5) is 16.6. The van der Waals surface area contributed by atoms with Crippen molar-refractivity contribution in [1.29, 1.82) is 0 Å². The zero-order valence-electron chi connectivity index (χ0n) is 15.4. The Morgan fingerprint density at radius 1 is 1.22 bits per heavy atom. The van der Waals surface area contributed by atoms with Crippen molar-refractivity contribution in [2.45, 2.75) is 38.5 Å². The number of halogens is 2. The Morgan fingerprint density at radius 3 is 2.59 bits per heavy atom. The Balaban J connectivity index is 1.78. The van der Waals surface area contributed by atoms with Gasteiger partial charge in [-0.2, -0.15) is 0 Å². The van der Waals surface area contributed by atoms with E-state index in [9.17, 15) is 13.6 Å². The molecule has 1 aromatic carbocycles. The molecule has 1 saturated heterocycles. The van der Waals surface area contributed by atoms with Gasteiger partial charge in [-0.15, -0.1) is 0 Å². The van der Waals surface area contributed by atoms with Crippen LogP contribution >= 0.6 is 0 Å². The molecule has 2 heterocycles. The number of amides is 1. The standard InChI is InChI=1S/C21H24F2N2O2/c1-2-17-19(23)12-24-13-20(17)25-21(26)11-18(15-7-9-27-10-8-15)14-3-5-16(22)6-4-14/h3-6,12-13,15,18H,2,7-11H2,1H3,(H,25,26)/t18-/m0/s1. The highest BCUT2D eigenvalue weighted by Crippen LogP contribution is 2.35. The highest BCUT2D eigenvalue weighted by molar-refractivity contribution is 5.91. The minimum absolute atomic E-state index is 0.0407. The van der Waals surface area contributed by atoms with Crippen LogP contribution in [0.15, 0.2) is 36.7 Å². The average Bonchev–Trinajstić information content (AvgIpc) is 2.68. The monoisotopic (exact) mass is 374 g/mol. The molecular formula is C21H24F2N2O2. The SMILES string of the molecule is CCc1c(F)cncc1NC(=O)C[C@@H](c1ccc(F)cc1)C1CCOCC1. The van der Waals surface area contributed by atoms with Gasteiger partial charge in [-0.25, -0.2) is 8.78 Å². The molecule has 2 aromatic rings. The first kappa shape index (κ1) is 19.4. The molecule has 1 aliphatic heterocycles. The largest absolute Gasteiger partial charge is 0.381 e. The predicted molar refractivity (Wildman–Crippen MR) is 99.5 cm³/mol. The van der Waals surface area contributed by atoms with Crippen molar-refractivity contribution in [2.24, 2.45) is 5.92 Å². The molecule has 1 aromatic heterocycles. The molecule has 1 atom stereocenters. The Morgan fingerprint density at radius 2 is 1.93 bits per heavy atom. The second kappa shape index (κ2) is 9.04. The van der Waals surface area contributed by atoms with Crippen molar-refractivity contribution in [3.63, 3.8) is 0 Å². The van der Waals surface area contributed by atoms with E-state index in [-0.39, 0.29) is 30.0 Å². The van der Waals surface area contributed by atoms with Crippen molar-refractivity contribution in [1.82, 2.24) is 4.98 Å². The fourth-order valence-electron chi connectivity index (χ4n) is 3.71. The second-order valence-corrected chi connectivity index (χ2v) is 6.86. The zero-order valence-corrected chi connectivity index (χ0v) is 15.4. The topological polar surface area (TPSA) is 51.2 Å². The van der Waals surface area contributed by atoms with E-state index < -0.39 is 5.82 Å². The predicted octanol–water partition coefficient (Wildman–Crippen LogP) is 4.46. The molecule has 6 heteroatoms. The third kappa shape index (κ3) is 4.89. The fraction of sp³-hybridized carbons (Fsp3) is 0.429. The highest BCUT2D eigenvalue weighted by atomic mass is 19.1. The number of ether oxygens (including phenoxy) is 1. The molecule has 144 valence electrons. The van der Waals surface area contributed by atoms with Crippen LogP contribution in [0.5, 0.6) is 0 Å². The molecule has 0 unspecified atom stereocenters. The number of hydrogen-bond donors (Lipinski definition) is 1. The molecule has 4 nitrogen and oxygen atoms in total. The van der Waals surface area contributed by atoms with E-state index in [2.05, 4.69) is 10.3 Å². The van der Waals surface area contributed by atoms with Gasteiger partial charge in [-0.1, -0.05) is 19.1 Å². The molecule has 3 rings (SSSR count). The Hall–Kier alpha value is -2.34. The van der Waals surface area contributed by atoms with Crippen LogP contribution in [0.4, 0.5) is 14.5 Å². The van der Waals surface area contributed by atoms with Gasteiger partial charge in [0.2, 0.25) is 5.91 Å². The number of aromatic nitrogens is 1. The summed E-state index contributed by atoms with van der Waals surface area (Å²) in [5.74, 6) is -0.674. The molecule has 27 heavy (non-hydrogen) atoms. The molecule has 0 saturated carbocycles. The lowest BCUT2D eigenvalue weighted by molar-refractivity contribution is -0.117. The number of anilines is 1. The average molecular weight is 374 g/mol. The lowest BCUT2D eigenvalue weighted by Crippen LogP contribution is -2.26. The van der Waals surface area contributed by atoms with Crippen LogP contribution in [0, 0.1) is 17.6 Å². The van der Waals surface area contributed by atoms with Crippen LogP contribution in [-0.2, 0) is 16.0 Å². The maximum atomic E-state index is 13.9. The molecule has 0 spiro atoms. The molecule has 0 bridgehead atoms. The molecule has 1 amide bonds. The number of nitrogens with one attached hydrogen (secondary N) is 1. The van der Waals surface area contributed by atoms with E-state index in [1.807, 2.05) is 6.92 Å². The van der Waals surface area contributed by atoms with Crippen LogP contribution in [0.1, 0.15) is 43.2 Å². The number of benzene rings is 1. The summed E-state index contributed by atoms with van der Waals surface area (Å²) in [5, 5.41) is 2.81. The normalized spacial score (nSPS) is 16.1. The summed E-state index contributed by atoms with van der Waals surface area (Å²) in [7, 11) is 0. The van der Waals surface area contributed by atoms with E-state index in [1.54, 1.807) is 12.1 Å². The number of rotatable bonds is 6. The fourth-order valence-corrected chi connectivity index (χ4v) is 3.71. The van der Waals surface area contributed by atoms with E-state index in [1.165, 1.54) is 18.3 Å². The Bertz CT molecular complexity index is 774. The van der Waals surface area contributed by atoms with Gasteiger partial charge in [0.05, 0.1) is 18.1 Å². The second-order valence-electron chi connectivity index (χ2n) is 6.86. The number of hydrogen-bond acceptors (Lipinski definition) is 3. The van der Waals surface area contributed by atoms with Crippen molar-refractivity contribution in [3.05, 3.63) is 59.4 Å². The maximum Gasteiger partial charge on any atom is 0.225 e. The summed E-state index contributed by atoms with van der Waals surface area (Å²) in [6.45, 7) is 3.16. The quantitative estimate of drug-likeness (QED) is 0.812. The molecule has 0 aliphatic carbocycles. The van der Waals surface area contributed by atoms with Gasteiger partial charge in [0.15, 0.2) is 0 Å². The third-order valence-electron chi connectivity index (χ3n) is 5.17. The summed E-state index contributed by atoms with van der Waals surface area (Å²) in [6.07, 6.45) is 5.05. The lowest BCUT2D eigenvalue weighted by Gasteiger charge is -2.30. The van der Waals surface area contributed by atoms with Crippen LogP contribution in [0.25, 0.3) is 0 Å². The van der Waals surface area contributed by atoms with Crippen LogP contribution in [-0.4, -0.2) is 24.1 Å². The first-order chi connectivity index (χ1) is 13.1. The Labute approximate surface area is 158 Å². The summed E-state index contributed by atoms with van der Waals surface area (Å²) in [5.41, 5.74) is 1.79. The number of nitrogens with zero attached hydrogens (tertiary/aromatic N) is 1. The van der Waals surface area contributed by atoms with Gasteiger partial charge in [0, 0.05) is 25.2 Å². The molecule has 1 aliphatic rings. The first-order valence-electron chi connectivity index (χ1n) is 9.34. The van der Waals surface area contributed by atoms with E-state index >= 15 is 0 Å². The molecule has 0 radical (unpaired) electrons. The van der Waals surface area contributed by atoms with Crippen molar-refractivity contribution >= 4 is 11.6 Å². The highest BCUT2D eigenvalue weighted by Gasteiger charge is 2.28.